The van der Waals surface area contributed by atoms with Crippen molar-refractivity contribution in [3.63, 3.8) is 0 Å². The molecular weight excluding hydrogens is 288 g/mol. The number of likely N-dealkylation sites (tertiary alicyclic amines) is 1. The minimum absolute atomic E-state index is 0. The number of benzene rings is 1. The molecule has 1 amide bonds. The van der Waals surface area contributed by atoms with E-state index in [0.29, 0.717) is 0 Å². The highest BCUT2D eigenvalue weighted by atomic mass is 35.5. The van der Waals surface area contributed by atoms with Gasteiger partial charge in [-0.2, -0.15) is 0 Å². The highest BCUT2D eigenvalue weighted by molar-refractivity contribution is 6.06. The summed E-state index contributed by atoms with van der Waals surface area (Å²) >= 11 is 0. The molecule has 1 saturated heterocycles. The maximum atomic E-state index is 12.5. The fourth-order valence-electron chi connectivity index (χ4n) is 3.55. The molecule has 1 unspecified atom stereocenters. The monoisotopic (exact) mass is 310 g/mol. The topological polar surface area (TPSA) is 41.6 Å². The molecule has 0 aliphatic carbocycles. The van der Waals surface area contributed by atoms with Gasteiger partial charge in [-0.25, -0.2) is 0 Å². The second-order valence-corrected chi connectivity index (χ2v) is 5.81. The Balaban J connectivity index is 0.00000161. The number of para-hydroxylation sites is 1. The van der Waals surface area contributed by atoms with Crippen LogP contribution in [0.25, 0.3) is 0 Å². The van der Waals surface area contributed by atoms with Gasteiger partial charge in [0.1, 0.15) is 0 Å². The zero-order chi connectivity index (χ0) is 14.0. The highest BCUT2D eigenvalue weighted by Crippen LogP contribution is 2.43. The molecule has 0 aromatic heterocycles. The lowest BCUT2D eigenvalue weighted by Crippen LogP contribution is -2.50. The first-order valence-corrected chi connectivity index (χ1v) is 7.38. The third-order valence-corrected chi connectivity index (χ3v) is 4.52. The first-order valence-electron chi connectivity index (χ1n) is 7.38. The van der Waals surface area contributed by atoms with Gasteiger partial charge in [0, 0.05) is 32.5 Å². The smallest absolute Gasteiger partial charge is 0.236 e. The number of ether oxygens (including phenoxy) is 1. The van der Waals surface area contributed by atoms with Crippen molar-refractivity contribution in [2.45, 2.75) is 24.7 Å². The van der Waals surface area contributed by atoms with Gasteiger partial charge in [-0.1, -0.05) is 18.2 Å². The van der Waals surface area contributed by atoms with Gasteiger partial charge in [0.2, 0.25) is 5.91 Å². The average Bonchev–Trinajstić information content (AvgIpc) is 2.73. The molecule has 1 aromatic rings. The molecule has 1 N–H and O–H groups in total. The molecule has 2 heterocycles. The highest BCUT2D eigenvalue weighted by Gasteiger charge is 2.48. The Labute approximate surface area is 132 Å². The first kappa shape index (κ1) is 16.3. The normalized spacial score (nSPS) is 24.5. The molecule has 1 atom stereocenters. The molecule has 5 heteroatoms. The molecule has 0 radical (unpaired) electrons. The number of carbonyl (C=O) groups excluding carboxylic acids is 1. The van der Waals surface area contributed by atoms with Crippen molar-refractivity contribution in [2.24, 2.45) is 0 Å². The largest absolute Gasteiger partial charge is 0.385 e. The van der Waals surface area contributed by atoms with Gasteiger partial charge < -0.3 is 15.0 Å². The summed E-state index contributed by atoms with van der Waals surface area (Å²) in [5.74, 6) is 0.176. The second-order valence-electron chi connectivity index (χ2n) is 5.81. The molecule has 3 rings (SSSR count). The van der Waals surface area contributed by atoms with Gasteiger partial charge in [-0.05, 0) is 37.4 Å². The number of fused-ring (bicyclic) bond motifs is 2. The maximum Gasteiger partial charge on any atom is 0.236 e. The van der Waals surface area contributed by atoms with E-state index in [1.807, 2.05) is 18.2 Å². The molecule has 2 aliphatic heterocycles. The van der Waals surface area contributed by atoms with Crippen LogP contribution in [-0.2, 0) is 14.9 Å². The first-order chi connectivity index (χ1) is 9.76. The van der Waals surface area contributed by atoms with E-state index in [2.05, 4.69) is 16.3 Å². The number of carbonyl (C=O) groups is 1. The summed E-state index contributed by atoms with van der Waals surface area (Å²) < 4.78 is 5.12. The summed E-state index contributed by atoms with van der Waals surface area (Å²) in [6.07, 6.45) is 3.06. The fraction of sp³-hybridized carbons (Fsp3) is 0.562. The van der Waals surface area contributed by atoms with E-state index in [1.165, 1.54) is 5.56 Å². The van der Waals surface area contributed by atoms with Crippen molar-refractivity contribution < 1.29 is 9.53 Å². The van der Waals surface area contributed by atoms with Crippen LogP contribution in [0.1, 0.15) is 24.8 Å². The quantitative estimate of drug-likeness (QED) is 0.869. The Morgan fingerprint density at radius 1 is 1.38 bits per heavy atom. The van der Waals surface area contributed by atoms with Crippen LogP contribution >= 0.6 is 12.4 Å². The van der Waals surface area contributed by atoms with E-state index in [0.717, 1.165) is 51.2 Å². The van der Waals surface area contributed by atoms with Crippen molar-refractivity contribution in [1.82, 2.24) is 4.90 Å². The second kappa shape index (κ2) is 6.77. The van der Waals surface area contributed by atoms with Crippen LogP contribution in [0.4, 0.5) is 5.69 Å². The van der Waals surface area contributed by atoms with Gasteiger partial charge in [-0.15, -0.1) is 12.4 Å². The standard InChI is InChI=1S/C16H22N2O2.ClH/c1-20-11-5-10-18-9-4-8-16(12-18)13-6-2-3-7-14(13)17-15(16)19;/h2-3,6-7H,4-5,8-12H2,1H3,(H,17,19);1H. The van der Waals surface area contributed by atoms with E-state index >= 15 is 0 Å². The van der Waals surface area contributed by atoms with Crippen LogP contribution in [0, 0.1) is 0 Å². The van der Waals surface area contributed by atoms with Crippen molar-refractivity contribution in [3.05, 3.63) is 29.8 Å². The van der Waals surface area contributed by atoms with Crippen LogP contribution in [0.2, 0.25) is 0 Å². The number of nitrogens with zero attached hydrogens (tertiary/aromatic N) is 1. The lowest BCUT2D eigenvalue weighted by molar-refractivity contribution is -0.122. The number of hydrogen-bond acceptors (Lipinski definition) is 3. The molecule has 21 heavy (non-hydrogen) atoms. The van der Waals surface area contributed by atoms with E-state index in [9.17, 15) is 4.79 Å². The van der Waals surface area contributed by atoms with Gasteiger partial charge in [0.15, 0.2) is 0 Å². The third kappa shape index (κ3) is 2.93. The zero-order valence-electron chi connectivity index (χ0n) is 12.4. The van der Waals surface area contributed by atoms with Crippen molar-refractivity contribution in [1.29, 1.82) is 0 Å². The van der Waals surface area contributed by atoms with Gasteiger partial charge in [0.25, 0.3) is 0 Å². The van der Waals surface area contributed by atoms with Crippen LogP contribution in [0.5, 0.6) is 0 Å². The predicted molar refractivity (Wildman–Crippen MR) is 86.2 cm³/mol. The van der Waals surface area contributed by atoms with Crippen molar-refractivity contribution in [3.8, 4) is 0 Å². The number of hydrogen-bond donors (Lipinski definition) is 1. The summed E-state index contributed by atoms with van der Waals surface area (Å²) in [6, 6.07) is 8.12. The minimum Gasteiger partial charge on any atom is -0.385 e. The van der Waals surface area contributed by atoms with Crippen molar-refractivity contribution >= 4 is 24.0 Å². The lowest BCUT2D eigenvalue weighted by atomic mass is 9.75. The van der Waals surface area contributed by atoms with Gasteiger partial charge >= 0.3 is 0 Å². The van der Waals surface area contributed by atoms with Crippen LogP contribution in [0.15, 0.2) is 24.3 Å². The SMILES string of the molecule is COCCCN1CCCC2(C1)C(=O)Nc1ccccc12.Cl. The van der Waals surface area contributed by atoms with Crippen LogP contribution < -0.4 is 5.32 Å². The molecule has 0 saturated carbocycles. The Kier molecular flexibility index (Phi) is 5.25. The summed E-state index contributed by atoms with van der Waals surface area (Å²) in [5, 5.41) is 3.06. The van der Waals surface area contributed by atoms with E-state index < -0.39 is 0 Å². The molecule has 1 aromatic carbocycles. The average molecular weight is 311 g/mol. The lowest BCUT2D eigenvalue weighted by Gasteiger charge is -2.39. The number of rotatable bonds is 4. The number of methoxy groups -OCH3 is 1. The predicted octanol–water partition coefficient (Wildman–Crippen LogP) is 2.43. The molecule has 2 aliphatic rings. The third-order valence-electron chi connectivity index (χ3n) is 4.52. The number of halogens is 1. The van der Waals surface area contributed by atoms with Gasteiger partial charge in [-0.3, -0.25) is 4.79 Å². The van der Waals surface area contributed by atoms with Gasteiger partial charge in [0.05, 0.1) is 5.41 Å². The van der Waals surface area contributed by atoms with E-state index in [-0.39, 0.29) is 23.7 Å². The maximum absolute atomic E-state index is 12.5. The summed E-state index contributed by atoms with van der Waals surface area (Å²) in [4.78, 5) is 14.9. The number of piperidine rings is 1. The Morgan fingerprint density at radius 3 is 3.00 bits per heavy atom. The molecule has 0 bridgehead atoms. The Morgan fingerprint density at radius 2 is 2.19 bits per heavy atom. The van der Waals surface area contributed by atoms with E-state index in [4.69, 9.17) is 4.74 Å². The minimum atomic E-state index is -0.331. The molecule has 116 valence electrons. The summed E-state index contributed by atoms with van der Waals surface area (Å²) in [7, 11) is 1.73. The Bertz CT molecular complexity index is 509. The van der Waals surface area contributed by atoms with Crippen LogP contribution in [0.3, 0.4) is 0 Å². The number of nitrogens with one attached hydrogen (secondary N) is 1. The Hall–Kier alpha value is -1.10. The molecule has 1 fully saturated rings. The number of amides is 1. The van der Waals surface area contributed by atoms with E-state index in [1.54, 1.807) is 7.11 Å². The fourth-order valence-corrected chi connectivity index (χ4v) is 3.55. The molecule has 1 spiro atoms. The van der Waals surface area contributed by atoms with Crippen LogP contribution in [-0.4, -0.2) is 44.2 Å². The van der Waals surface area contributed by atoms with Crippen molar-refractivity contribution in [2.75, 3.05) is 38.7 Å². The summed E-state index contributed by atoms with van der Waals surface area (Å²) in [5.41, 5.74) is 1.85. The zero-order valence-corrected chi connectivity index (χ0v) is 13.2. The molecular formula is C16H23ClN2O2. The number of anilines is 1. The summed E-state index contributed by atoms with van der Waals surface area (Å²) in [6.45, 7) is 3.71. The molecule has 4 nitrogen and oxygen atoms in total.